The molecule has 0 atom stereocenters. The fraction of sp³-hybridized carbons (Fsp3) is 0.316. The first-order valence-electron chi connectivity index (χ1n) is 9.05. The van der Waals surface area contributed by atoms with E-state index >= 15 is 0 Å². The van der Waals surface area contributed by atoms with E-state index in [4.69, 9.17) is 0 Å². The number of aromatic nitrogens is 4. The first-order valence-corrected chi connectivity index (χ1v) is 9.84. The lowest BCUT2D eigenvalue weighted by Gasteiger charge is -2.10. The average molecular weight is 506 g/mol. The van der Waals surface area contributed by atoms with Gasteiger partial charge in [0.15, 0.2) is 23.3 Å². The van der Waals surface area contributed by atoms with Crippen molar-refractivity contribution in [1.82, 2.24) is 19.6 Å². The molecule has 12 heteroatoms. The van der Waals surface area contributed by atoms with Crippen LogP contribution in [0.1, 0.15) is 29.1 Å². The summed E-state index contributed by atoms with van der Waals surface area (Å²) in [6.07, 6.45) is 1.83. The topological polar surface area (TPSA) is 64.7 Å². The molecule has 3 rings (SSSR count). The Morgan fingerprint density at radius 1 is 0.968 bits per heavy atom. The molecular weight excluding hydrogens is 489 g/mol. The molecule has 0 saturated carbocycles. The van der Waals surface area contributed by atoms with Crippen LogP contribution >= 0.6 is 15.9 Å². The van der Waals surface area contributed by atoms with Gasteiger partial charge in [0.25, 0.3) is 0 Å². The van der Waals surface area contributed by atoms with Gasteiger partial charge in [0.2, 0.25) is 11.7 Å². The van der Waals surface area contributed by atoms with E-state index < -0.39 is 41.2 Å². The molecule has 2 aromatic heterocycles. The summed E-state index contributed by atoms with van der Waals surface area (Å²) in [6.45, 7) is 4.48. The molecule has 0 unspecified atom stereocenters. The Kier molecular flexibility index (Phi) is 6.48. The number of nitrogens with one attached hydrogen (secondary N) is 1. The van der Waals surface area contributed by atoms with Crippen molar-refractivity contribution in [2.24, 2.45) is 0 Å². The van der Waals surface area contributed by atoms with Crippen LogP contribution in [0.3, 0.4) is 0 Å². The Labute approximate surface area is 182 Å². The second kappa shape index (κ2) is 8.77. The van der Waals surface area contributed by atoms with Gasteiger partial charge in [0.05, 0.1) is 39.4 Å². The van der Waals surface area contributed by atoms with Crippen LogP contribution in [-0.4, -0.2) is 25.5 Å². The van der Waals surface area contributed by atoms with Crippen molar-refractivity contribution in [2.45, 2.75) is 40.3 Å². The van der Waals surface area contributed by atoms with Gasteiger partial charge in [-0.25, -0.2) is 22.0 Å². The molecule has 0 fully saturated rings. The minimum Gasteiger partial charge on any atom is -0.323 e. The third-order valence-corrected chi connectivity index (χ3v) is 5.49. The molecule has 2 heterocycles. The third-order valence-electron chi connectivity index (χ3n) is 4.71. The van der Waals surface area contributed by atoms with Crippen molar-refractivity contribution in [2.75, 3.05) is 5.32 Å². The maximum absolute atomic E-state index is 14.0. The second-order valence-corrected chi connectivity index (χ2v) is 7.73. The predicted molar refractivity (Wildman–Crippen MR) is 105 cm³/mol. The molecule has 166 valence electrons. The van der Waals surface area contributed by atoms with Crippen LogP contribution in [-0.2, 0) is 17.9 Å². The van der Waals surface area contributed by atoms with Gasteiger partial charge in [-0.3, -0.25) is 14.2 Å². The van der Waals surface area contributed by atoms with E-state index in [1.807, 2.05) is 6.92 Å². The third kappa shape index (κ3) is 4.48. The minimum absolute atomic E-state index is 0.0925. The van der Waals surface area contributed by atoms with Crippen molar-refractivity contribution in [3.8, 4) is 0 Å². The van der Waals surface area contributed by atoms with Crippen molar-refractivity contribution in [3.05, 3.63) is 62.4 Å². The SMILES string of the molecule is Cc1nn(CCC(=O)Nc2c(C)nn(Cc3c(F)c(F)c(F)c(F)c3F)c2C)cc1Br. The Balaban J connectivity index is 1.77. The molecule has 0 spiro atoms. The highest BCUT2D eigenvalue weighted by Crippen LogP contribution is 2.26. The first kappa shape index (κ1) is 22.9. The molecule has 1 amide bonds. The highest BCUT2D eigenvalue weighted by atomic mass is 79.9. The Morgan fingerprint density at radius 2 is 1.55 bits per heavy atom. The summed E-state index contributed by atoms with van der Waals surface area (Å²) in [7, 11) is 0. The van der Waals surface area contributed by atoms with Gasteiger partial charge in [-0.15, -0.1) is 0 Å². The number of halogens is 6. The number of hydrogen-bond donors (Lipinski definition) is 1. The van der Waals surface area contributed by atoms with Gasteiger partial charge >= 0.3 is 0 Å². The van der Waals surface area contributed by atoms with Crippen LogP contribution in [0.2, 0.25) is 0 Å². The molecule has 0 aliphatic carbocycles. The van der Waals surface area contributed by atoms with E-state index in [0.29, 0.717) is 23.6 Å². The summed E-state index contributed by atoms with van der Waals surface area (Å²) in [5.74, 6) is -10.5. The number of benzene rings is 1. The maximum atomic E-state index is 14.0. The fourth-order valence-electron chi connectivity index (χ4n) is 3.00. The van der Waals surface area contributed by atoms with E-state index in [0.717, 1.165) is 14.8 Å². The number of carbonyl (C=O) groups excluding carboxylic acids is 1. The largest absolute Gasteiger partial charge is 0.323 e. The van der Waals surface area contributed by atoms with Crippen LogP contribution in [0.5, 0.6) is 0 Å². The van der Waals surface area contributed by atoms with Gasteiger partial charge in [-0.2, -0.15) is 10.2 Å². The Bertz CT molecular complexity index is 1120. The average Bonchev–Trinajstić information content (AvgIpc) is 3.19. The molecule has 0 radical (unpaired) electrons. The number of aryl methyl sites for hydroxylation is 3. The van der Waals surface area contributed by atoms with Crippen LogP contribution in [0.4, 0.5) is 27.6 Å². The highest BCUT2D eigenvalue weighted by molar-refractivity contribution is 9.10. The van der Waals surface area contributed by atoms with Gasteiger partial charge in [-0.1, -0.05) is 0 Å². The number of anilines is 1. The fourth-order valence-corrected chi connectivity index (χ4v) is 3.31. The van der Waals surface area contributed by atoms with Crippen LogP contribution in [0.25, 0.3) is 0 Å². The van der Waals surface area contributed by atoms with Gasteiger partial charge in [0, 0.05) is 19.2 Å². The molecule has 6 nitrogen and oxygen atoms in total. The van der Waals surface area contributed by atoms with Crippen LogP contribution < -0.4 is 5.32 Å². The molecule has 0 bridgehead atoms. The summed E-state index contributed by atoms with van der Waals surface area (Å²) in [6, 6.07) is 0. The number of amides is 1. The van der Waals surface area contributed by atoms with E-state index in [1.54, 1.807) is 17.8 Å². The van der Waals surface area contributed by atoms with Crippen molar-refractivity contribution in [1.29, 1.82) is 0 Å². The van der Waals surface area contributed by atoms with Gasteiger partial charge in [0.1, 0.15) is 0 Å². The zero-order chi connectivity index (χ0) is 23.0. The Morgan fingerprint density at radius 3 is 2.10 bits per heavy atom. The molecule has 1 aromatic carbocycles. The van der Waals surface area contributed by atoms with E-state index in [2.05, 4.69) is 31.4 Å². The van der Waals surface area contributed by atoms with Gasteiger partial charge in [-0.05, 0) is 36.7 Å². The minimum atomic E-state index is -2.22. The standard InChI is InChI=1S/C19H17BrF5N5O/c1-8-12(20)7-29(27-8)5-4-13(31)26-19-9(2)28-30(10(19)3)6-11-14(21)16(23)18(25)17(24)15(11)22/h7H,4-6H2,1-3H3,(H,26,31). The maximum Gasteiger partial charge on any atom is 0.226 e. The quantitative estimate of drug-likeness (QED) is 0.304. The molecule has 0 saturated heterocycles. The van der Waals surface area contributed by atoms with Crippen molar-refractivity contribution in [3.63, 3.8) is 0 Å². The van der Waals surface area contributed by atoms with Crippen LogP contribution in [0, 0.1) is 49.9 Å². The number of carbonyl (C=O) groups is 1. The smallest absolute Gasteiger partial charge is 0.226 e. The van der Waals surface area contributed by atoms with Gasteiger partial charge < -0.3 is 5.32 Å². The normalized spacial score (nSPS) is 11.3. The molecule has 1 N–H and O–H groups in total. The molecule has 0 aliphatic rings. The zero-order valence-corrected chi connectivity index (χ0v) is 18.2. The summed E-state index contributed by atoms with van der Waals surface area (Å²) in [5, 5.41) is 11.0. The number of nitrogens with zero attached hydrogens (tertiary/aromatic N) is 4. The highest BCUT2D eigenvalue weighted by Gasteiger charge is 2.27. The lowest BCUT2D eigenvalue weighted by atomic mass is 10.1. The molecule has 3 aromatic rings. The van der Waals surface area contributed by atoms with Crippen molar-refractivity contribution < 1.29 is 26.7 Å². The molecule has 0 aliphatic heterocycles. The zero-order valence-electron chi connectivity index (χ0n) is 16.7. The van der Waals surface area contributed by atoms with Crippen molar-refractivity contribution >= 4 is 27.5 Å². The summed E-state index contributed by atoms with van der Waals surface area (Å²) in [5.41, 5.74) is 0.688. The lowest BCUT2D eigenvalue weighted by Crippen LogP contribution is -2.16. The first-order chi connectivity index (χ1) is 14.5. The van der Waals surface area contributed by atoms with E-state index in [9.17, 15) is 26.7 Å². The summed E-state index contributed by atoms with van der Waals surface area (Å²) < 4.78 is 71.6. The lowest BCUT2D eigenvalue weighted by molar-refractivity contribution is -0.116. The number of rotatable bonds is 6. The molecular formula is C19H17BrF5N5O. The monoisotopic (exact) mass is 505 g/mol. The number of hydrogen-bond acceptors (Lipinski definition) is 3. The Hall–Kier alpha value is -2.76. The van der Waals surface area contributed by atoms with E-state index in [1.165, 1.54) is 6.92 Å². The van der Waals surface area contributed by atoms with E-state index in [-0.39, 0.29) is 12.3 Å². The summed E-state index contributed by atoms with van der Waals surface area (Å²) >= 11 is 3.33. The van der Waals surface area contributed by atoms with Crippen LogP contribution in [0.15, 0.2) is 10.7 Å². The molecule has 31 heavy (non-hydrogen) atoms. The summed E-state index contributed by atoms with van der Waals surface area (Å²) in [4.78, 5) is 12.3. The second-order valence-electron chi connectivity index (χ2n) is 6.88. The predicted octanol–water partition coefficient (Wildman–Crippen LogP) is 4.54.